The summed E-state index contributed by atoms with van der Waals surface area (Å²) in [4.78, 5) is 0. The first-order chi connectivity index (χ1) is 10.1. The number of benzene rings is 2. The molecule has 0 amide bonds. The maximum atomic E-state index is 6.09. The van der Waals surface area contributed by atoms with Gasteiger partial charge in [0, 0.05) is 11.6 Å². The number of hydrogen-bond donors (Lipinski definition) is 1. The Balaban J connectivity index is 1.98. The van der Waals surface area contributed by atoms with Gasteiger partial charge in [0.05, 0.1) is 17.3 Å². The second-order valence-electron chi connectivity index (χ2n) is 5.00. The molecule has 0 saturated heterocycles. The molecule has 0 spiro atoms. The molecule has 0 aliphatic rings. The lowest BCUT2D eigenvalue weighted by atomic mass is 9.98. The predicted molar refractivity (Wildman–Crippen MR) is 93.7 cm³/mol. The van der Waals surface area contributed by atoms with Gasteiger partial charge in [0.15, 0.2) is 5.75 Å². The largest absolute Gasteiger partial charge is 0.493 e. The fourth-order valence-electron chi connectivity index (χ4n) is 2.27. The summed E-state index contributed by atoms with van der Waals surface area (Å²) in [6, 6.07) is 14.3. The molecule has 4 heteroatoms. The summed E-state index contributed by atoms with van der Waals surface area (Å²) in [6.07, 6.45) is 1.04. The molecule has 0 heterocycles. The minimum absolute atomic E-state index is 0.507. The second kappa shape index (κ2) is 7.71. The molecule has 0 aliphatic heterocycles. The third-order valence-corrected chi connectivity index (χ3v) is 4.28. The van der Waals surface area contributed by atoms with Crippen molar-refractivity contribution >= 4 is 33.2 Å². The lowest BCUT2D eigenvalue weighted by molar-refractivity contribution is 0.413. The molecule has 2 aromatic rings. The minimum Gasteiger partial charge on any atom is -0.493 e. The molecule has 1 atom stereocenters. The number of rotatable bonds is 6. The number of nitrogens with one attached hydrogen (secondary N) is 1. The molecular formula is C17H19BrClNO. The summed E-state index contributed by atoms with van der Waals surface area (Å²) in [7, 11) is 1.66. The second-order valence-corrected chi connectivity index (χ2v) is 6.29. The maximum Gasteiger partial charge on any atom is 0.156 e. The van der Waals surface area contributed by atoms with Gasteiger partial charge in [-0.15, -0.1) is 0 Å². The number of methoxy groups -OCH3 is 1. The van der Waals surface area contributed by atoms with Crippen molar-refractivity contribution < 1.29 is 4.74 Å². The van der Waals surface area contributed by atoms with Crippen LogP contribution in [-0.4, -0.2) is 13.7 Å². The Morgan fingerprint density at radius 3 is 2.62 bits per heavy atom. The van der Waals surface area contributed by atoms with Gasteiger partial charge >= 0.3 is 0 Å². The van der Waals surface area contributed by atoms with E-state index in [1.165, 1.54) is 5.56 Å². The fourth-order valence-corrected chi connectivity index (χ4v) is 3.24. The Bertz CT molecular complexity index is 589. The van der Waals surface area contributed by atoms with Crippen LogP contribution in [0.3, 0.4) is 0 Å². The van der Waals surface area contributed by atoms with Gasteiger partial charge in [-0.25, -0.2) is 0 Å². The number of anilines is 1. The van der Waals surface area contributed by atoms with Crippen molar-refractivity contribution in [2.75, 3.05) is 19.0 Å². The zero-order valence-electron chi connectivity index (χ0n) is 12.2. The normalized spacial score (nSPS) is 12.0. The van der Waals surface area contributed by atoms with Crippen LogP contribution in [0.15, 0.2) is 46.9 Å². The SMILES string of the molecule is COc1c(Br)cc(Cl)cc1NCCC(C)c1ccccc1. The lowest BCUT2D eigenvalue weighted by Crippen LogP contribution is -2.07. The van der Waals surface area contributed by atoms with Crippen molar-refractivity contribution in [1.29, 1.82) is 0 Å². The molecule has 2 rings (SSSR count). The zero-order chi connectivity index (χ0) is 15.2. The third-order valence-electron chi connectivity index (χ3n) is 3.47. The van der Waals surface area contributed by atoms with Crippen LogP contribution in [-0.2, 0) is 0 Å². The van der Waals surface area contributed by atoms with Crippen LogP contribution in [0, 0.1) is 0 Å². The van der Waals surface area contributed by atoms with Gasteiger partial charge in [-0.2, -0.15) is 0 Å². The summed E-state index contributed by atoms with van der Waals surface area (Å²) in [5, 5.41) is 4.09. The number of hydrogen-bond acceptors (Lipinski definition) is 2. The summed E-state index contributed by atoms with van der Waals surface area (Å²) in [6.45, 7) is 3.10. The minimum atomic E-state index is 0.507. The summed E-state index contributed by atoms with van der Waals surface area (Å²) < 4.78 is 6.26. The Morgan fingerprint density at radius 1 is 1.24 bits per heavy atom. The van der Waals surface area contributed by atoms with Crippen molar-refractivity contribution in [3.63, 3.8) is 0 Å². The topological polar surface area (TPSA) is 21.3 Å². The first-order valence-electron chi connectivity index (χ1n) is 6.93. The van der Waals surface area contributed by atoms with Gasteiger partial charge in [-0.05, 0) is 46.0 Å². The van der Waals surface area contributed by atoms with Crippen molar-refractivity contribution in [3.8, 4) is 5.75 Å². The zero-order valence-corrected chi connectivity index (χ0v) is 14.5. The average Bonchev–Trinajstić information content (AvgIpc) is 2.47. The monoisotopic (exact) mass is 367 g/mol. The smallest absolute Gasteiger partial charge is 0.156 e. The van der Waals surface area contributed by atoms with Crippen LogP contribution in [0.2, 0.25) is 5.02 Å². The van der Waals surface area contributed by atoms with E-state index in [0.29, 0.717) is 10.9 Å². The Hall–Kier alpha value is -1.19. The molecule has 0 bridgehead atoms. The van der Waals surface area contributed by atoms with E-state index >= 15 is 0 Å². The molecular weight excluding hydrogens is 350 g/mol. The average molecular weight is 369 g/mol. The van der Waals surface area contributed by atoms with E-state index in [9.17, 15) is 0 Å². The molecule has 0 radical (unpaired) electrons. The van der Waals surface area contributed by atoms with Crippen LogP contribution in [0.4, 0.5) is 5.69 Å². The van der Waals surface area contributed by atoms with Gasteiger partial charge in [0.2, 0.25) is 0 Å². The molecule has 1 N–H and O–H groups in total. The molecule has 0 saturated carbocycles. The summed E-state index contributed by atoms with van der Waals surface area (Å²) in [5.41, 5.74) is 2.27. The van der Waals surface area contributed by atoms with Crippen LogP contribution >= 0.6 is 27.5 Å². The third kappa shape index (κ3) is 4.39. The maximum absolute atomic E-state index is 6.09. The van der Waals surface area contributed by atoms with Crippen LogP contribution < -0.4 is 10.1 Å². The summed E-state index contributed by atoms with van der Waals surface area (Å²) >= 11 is 9.56. The highest BCUT2D eigenvalue weighted by Crippen LogP contribution is 2.36. The van der Waals surface area contributed by atoms with Crippen LogP contribution in [0.5, 0.6) is 5.75 Å². The number of ether oxygens (including phenoxy) is 1. The van der Waals surface area contributed by atoms with Crippen molar-refractivity contribution in [3.05, 3.63) is 57.5 Å². The fraction of sp³-hybridized carbons (Fsp3) is 0.294. The molecule has 112 valence electrons. The van der Waals surface area contributed by atoms with Gasteiger partial charge in [0.25, 0.3) is 0 Å². The number of halogens is 2. The Kier molecular flexibility index (Phi) is 5.95. The summed E-state index contributed by atoms with van der Waals surface area (Å²) in [5.74, 6) is 1.29. The molecule has 0 fully saturated rings. The van der Waals surface area contributed by atoms with E-state index in [-0.39, 0.29) is 0 Å². The van der Waals surface area contributed by atoms with Gasteiger partial charge in [-0.1, -0.05) is 48.9 Å². The van der Waals surface area contributed by atoms with Gasteiger partial charge in [-0.3, -0.25) is 0 Å². The highest BCUT2D eigenvalue weighted by Gasteiger charge is 2.10. The lowest BCUT2D eigenvalue weighted by Gasteiger charge is -2.16. The van der Waals surface area contributed by atoms with Gasteiger partial charge < -0.3 is 10.1 Å². The van der Waals surface area contributed by atoms with E-state index in [0.717, 1.165) is 28.9 Å². The Labute approximate surface area is 139 Å². The van der Waals surface area contributed by atoms with E-state index < -0.39 is 0 Å². The van der Waals surface area contributed by atoms with E-state index in [1.807, 2.05) is 18.2 Å². The standard InChI is InChI=1S/C17H19BrClNO/c1-12(13-6-4-3-5-7-13)8-9-20-16-11-14(19)10-15(18)17(16)21-2/h3-7,10-12,20H,8-9H2,1-2H3. The van der Waals surface area contributed by atoms with Crippen molar-refractivity contribution in [1.82, 2.24) is 0 Å². The highest BCUT2D eigenvalue weighted by atomic mass is 79.9. The van der Waals surface area contributed by atoms with E-state index in [2.05, 4.69) is 52.4 Å². The van der Waals surface area contributed by atoms with Crippen LogP contribution in [0.25, 0.3) is 0 Å². The molecule has 0 aliphatic carbocycles. The molecule has 21 heavy (non-hydrogen) atoms. The van der Waals surface area contributed by atoms with E-state index in [4.69, 9.17) is 16.3 Å². The first kappa shape index (κ1) is 16.2. The highest BCUT2D eigenvalue weighted by molar-refractivity contribution is 9.10. The quantitative estimate of drug-likeness (QED) is 0.704. The Morgan fingerprint density at radius 2 is 1.95 bits per heavy atom. The van der Waals surface area contributed by atoms with Crippen LogP contribution in [0.1, 0.15) is 24.8 Å². The molecule has 2 nitrogen and oxygen atoms in total. The predicted octanol–water partition coefficient (Wildman–Crippen LogP) is 5.72. The molecule has 1 unspecified atom stereocenters. The molecule has 0 aromatic heterocycles. The van der Waals surface area contributed by atoms with E-state index in [1.54, 1.807) is 7.11 Å². The van der Waals surface area contributed by atoms with Crippen molar-refractivity contribution in [2.45, 2.75) is 19.3 Å². The van der Waals surface area contributed by atoms with Crippen molar-refractivity contribution in [2.24, 2.45) is 0 Å². The molecule has 2 aromatic carbocycles. The first-order valence-corrected chi connectivity index (χ1v) is 8.10. The van der Waals surface area contributed by atoms with Gasteiger partial charge in [0.1, 0.15) is 0 Å².